The van der Waals surface area contributed by atoms with Crippen LogP contribution in [-0.4, -0.2) is 0 Å². The van der Waals surface area contributed by atoms with Crippen molar-refractivity contribution in [1.29, 1.82) is 0 Å². The molecule has 0 radical (unpaired) electrons. The van der Waals surface area contributed by atoms with Crippen LogP contribution in [0.25, 0.3) is 0 Å². The fourth-order valence-electron chi connectivity index (χ4n) is 0. The molecule has 0 saturated carbocycles. The van der Waals surface area contributed by atoms with Gasteiger partial charge in [0.1, 0.15) is 0 Å². The average molecular weight is 429 g/mol. The van der Waals surface area contributed by atoms with Crippen LogP contribution in [0.3, 0.4) is 0 Å². The molecule has 0 unspecified atom stereocenters. The van der Waals surface area contributed by atoms with Gasteiger partial charge in [-0.05, 0) is 0 Å². The fraction of sp³-hybridized carbons (Fsp3) is 0. The third-order valence-electron chi connectivity index (χ3n) is 0. The summed E-state index contributed by atoms with van der Waals surface area (Å²) in [5.41, 5.74) is 0. The predicted molar refractivity (Wildman–Crippen MR) is 28.0 cm³/mol. The largest absolute Gasteiger partial charge is 0 e. The van der Waals surface area contributed by atoms with Gasteiger partial charge in [0, 0.05) is 21.7 Å². The Morgan fingerprint density at radius 3 is 1.25 bits per heavy atom. The normalized spacial score (nSPS) is 5.50. The van der Waals surface area contributed by atoms with Crippen molar-refractivity contribution in [1.82, 2.24) is 0 Å². The van der Waals surface area contributed by atoms with Crippen LogP contribution in [-0.2, 0) is 21.7 Å². The Balaban J connectivity index is 0. The summed E-state index contributed by atoms with van der Waals surface area (Å²) in [4.78, 5) is 0. The Kier molecular flexibility index (Phi) is 23.3. The maximum absolute atomic E-state index is 2.39. The molecule has 0 fully saturated rings. The van der Waals surface area contributed by atoms with Gasteiger partial charge in [-0.2, -0.15) is 0 Å². The zero-order chi connectivity index (χ0) is 2.71. The molecule has 0 rings (SSSR count). The number of hydrogen-bond acceptors (Lipinski definition) is 0. The Labute approximate surface area is 70.4 Å². The summed E-state index contributed by atoms with van der Waals surface area (Å²) in [6.07, 6.45) is 0. The second kappa shape index (κ2) is 9.32. The van der Waals surface area contributed by atoms with Crippen molar-refractivity contribution in [2.24, 2.45) is 0 Å². The summed E-state index contributed by atoms with van der Waals surface area (Å²) in [6.45, 7) is 0. The van der Waals surface area contributed by atoms with Gasteiger partial charge in [0.2, 0.25) is 0 Å². The molecule has 0 N–H and O–H groups in total. The van der Waals surface area contributed by atoms with Gasteiger partial charge >= 0.3 is 50.5 Å². The van der Waals surface area contributed by atoms with E-state index in [1.54, 1.807) is 0 Å². The van der Waals surface area contributed by atoms with E-state index < -0.39 is 0 Å². The smallest absolute Gasteiger partial charge is 0 e. The molecule has 0 aliphatic rings. The number of rotatable bonds is 0. The van der Waals surface area contributed by atoms with Crippen molar-refractivity contribution in [3.8, 4) is 0 Å². The van der Waals surface area contributed by atoms with Crippen LogP contribution in [0.1, 0.15) is 0 Å². The van der Waals surface area contributed by atoms with Crippen LogP contribution >= 0.6 is 37.2 Å². The second-order valence-electron chi connectivity index (χ2n) is 0.0540. The topological polar surface area (TPSA) is 0 Å². The monoisotopic (exact) mass is 429 g/mol. The summed E-state index contributed by atoms with van der Waals surface area (Å²) >= 11 is 5.30. The summed E-state index contributed by atoms with van der Waals surface area (Å²) in [5.74, 6) is 0. The van der Waals surface area contributed by atoms with Crippen molar-refractivity contribution in [3.05, 3.63) is 0 Å². The molecule has 0 nitrogen and oxygen atoms in total. The molecule has 0 aromatic carbocycles. The van der Waals surface area contributed by atoms with E-state index in [9.17, 15) is 0 Å². The van der Waals surface area contributed by atoms with E-state index in [0.717, 1.165) is 0 Å². The zero-order valence-corrected chi connectivity index (χ0v) is 9.67. The molecule has 0 heterocycles. The molecule has 0 amide bonds. The first kappa shape index (κ1) is 10.0. The van der Waals surface area contributed by atoms with Gasteiger partial charge in [0.25, 0.3) is 0 Å². The van der Waals surface area contributed by atoms with E-state index in [1.165, 1.54) is 0 Å². The van der Waals surface area contributed by atoms with E-state index in [0.29, 0.717) is 13.3 Å². The molecule has 4 heavy (non-hydrogen) atoms. The maximum atomic E-state index is 2.39. The molecule has 4 heteroatoms. The molecular formula is I3Ti-. The van der Waals surface area contributed by atoms with E-state index in [-0.39, 0.29) is 21.7 Å². The van der Waals surface area contributed by atoms with Gasteiger partial charge in [0.15, 0.2) is 0 Å². The quantitative estimate of drug-likeness (QED) is 0.335. The van der Waals surface area contributed by atoms with Gasteiger partial charge in [-0.3, -0.25) is 0 Å². The van der Waals surface area contributed by atoms with Crippen LogP contribution in [0, 0.1) is 0 Å². The van der Waals surface area contributed by atoms with Gasteiger partial charge in [0.05, 0.1) is 0 Å². The third-order valence-corrected chi connectivity index (χ3v) is 0. The standard InChI is InChI=1S/I3.Ti/c1-3-2;/q-1;. The first-order valence-corrected chi connectivity index (χ1v) is 12.9. The van der Waals surface area contributed by atoms with E-state index in [2.05, 4.69) is 37.2 Å². The molecule has 0 aromatic rings. The second-order valence-corrected chi connectivity index (χ2v) is 16.3. The number of hydrogen-bond donors (Lipinski definition) is 0. The van der Waals surface area contributed by atoms with Gasteiger partial charge in [-0.1, -0.05) is 0 Å². The molecule has 0 aliphatic heterocycles. The van der Waals surface area contributed by atoms with Crippen LogP contribution in [0.2, 0.25) is 0 Å². The van der Waals surface area contributed by atoms with Crippen LogP contribution in [0.4, 0.5) is 0 Å². The molecule has 26 valence electrons. The Bertz CT molecular complexity index is 3.25. The van der Waals surface area contributed by atoms with Crippen molar-refractivity contribution in [3.63, 3.8) is 0 Å². The Hall–Kier alpha value is 2.90. The summed E-state index contributed by atoms with van der Waals surface area (Å²) in [7, 11) is 0. The summed E-state index contributed by atoms with van der Waals surface area (Å²) < 4.78 is 0. The Morgan fingerprint density at radius 1 is 1.25 bits per heavy atom. The first-order chi connectivity index (χ1) is 1.41. The third kappa shape index (κ3) is 8.86. The molecule has 0 saturated heterocycles. The summed E-state index contributed by atoms with van der Waals surface area (Å²) in [5, 5.41) is 0. The van der Waals surface area contributed by atoms with Crippen molar-refractivity contribution < 1.29 is 35.0 Å². The van der Waals surface area contributed by atoms with Crippen molar-refractivity contribution in [2.45, 2.75) is 0 Å². The number of halogens is 3. The van der Waals surface area contributed by atoms with E-state index in [1.807, 2.05) is 0 Å². The van der Waals surface area contributed by atoms with Gasteiger partial charge < -0.3 is 0 Å². The molecule has 0 bridgehead atoms. The van der Waals surface area contributed by atoms with Crippen molar-refractivity contribution >= 4 is 37.2 Å². The summed E-state index contributed by atoms with van der Waals surface area (Å²) in [6, 6.07) is 0. The molecule has 0 aromatic heterocycles. The zero-order valence-electron chi connectivity index (χ0n) is 1.63. The minimum Gasteiger partial charge on any atom is 0 e. The minimum absolute atomic E-state index is 0. The first-order valence-electron chi connectivity index (χ1n) is 0.286. The Morgan fingerprint density at radius 2 is 1.25 bits per heavy atom. The van der Waals surface area contributed by atoms with E-state index in [4.69, 9.17) is 0 Å². The minimum atomic E-state index is 0. The fourth-order valence-corrected chi connectivity index (χ4v) is 0. The van der Waals surface area contributed by atoms with Gasteiger partial charge in [-0.25, -0.2) is 0 Å². The van der Waals surface area contributed by atoms with Crippen LogP contribution in [0.15, 0.2) is 0 Å². The molecular weight excluding hydrogens is 429 g/mol. The van der Waals surface area contributed by atoms with E-state index >= 15 is 0 Å². The molecule has 0 aliphatic carbocycles. The molecule has 0 atom stereocenters. The predicted octanol–water partition coefficient (Wildman–Crippen LogP) is -1.23. The molecule has 0 spiro atoms. The van der Waals surface area contributed by atoms with Crippen LogP contribution < -0.4 is 13.3 Å². The SMILES string of the molecule is I[I-]I.[Ti]. The van der Waals surface area contributed by atoms with Crippen molar-refractivity contribution in [2.75, 3.05) is 0 Å². The maximum Gasteiger partial charge on any atom is 0 e. The average Bonchev–Trinajstić information content (AvgIpc) is 0.918. The van der Waals surface area contributed by atoms with Crippen LogP contribution in [0.5, 0.6) is 0 Å². The van der Waals surface area contributed by atoms with Gasteiger partial charge in [-0.15, -0.1) is 0 Å².